The van der Waals surface area contributed by atoms with Crippen molar-refractivity contribution in [3.63, 3.8) is 0 Å². The van der Waals surface area contributed by atoms with Crippen molar-refractivity contribution in [2.45, 2.75) is 48.5 Å². The summed E-state index contributed by atoms with van der Waals surface area (Å²) in [5.74, 6) is 0.473. The standard InChI is InChI=1S/C23H34N4S/c1-8-11-19(9-2)28-27-22(24)13-10-12-21(23(5,6)7)26-25-20-15-14-17(3)16-18(20)4/h8-16,25-26H,1-7H3,(H2,24,27)/b11-8-,13-10+,19-9+,21-12-. The van der Waals surface area contributed by atoms with Crippen molar-refractivity contribution in [3.05, 3.63) is 76.4 Å². The Morgan fingerprint density at radius 1 is 1.14 bits per heavy atom. The lowest BCUT2D eigenvalue weighted by atomic mass is 9.92. The van der Waals surface area contributed by atoms with E-state index in [1.165, 1.54) is 23.1 Å². The van der Waals surface area contributed by atoms with Crippen LogP contribution >= 0.6 is 11.9 Å². The van der Waals surface area contributed by atoms with Crippen molar-refractivity contribution in [1.82, 2.24) is 5.43 Å². The number of nitrogens with two attached hydrogens (primary N) is 1. The van der Waals surface area contributed by atoms with E-state index >= 15 is 0 Å². The Bertz CT molecular complexity index is 793. The van der Waals surface area contributed by atoms with Crippen LogP contribution in [0.15, 0.2) is 69.7 Å². The summed E-state index contributed by atoms with van der Waals surface area (Å²) in [5.41, 5.74) is 17.2. The SMILES string of the molecule is C/C=C\C(=C/C)S/N=C(N)/C=C/C=C(\NNc1ccc(C)cc1C)C(C)(C)C. The van der Waals surface area contributed by atoms with Crippen LogP contribution in [0.2, 0.25) is 0 Å². The van der Waals surface area contributed by atoms with Gasteiger partial charge in [0.2, 0.25) is 0 Å². The van der Waals surface area contributed by atoms with Crippen molar-refractivity contribution in [3.8, 4) is 0 Å². The minimum absolute atomic E-state index is 0.0549. The van der Waals surface area contributed by atoms with Gasteiger partial charge in [0, 0.05) is 28.0 Å². The zero-order valence-electron chi connectivity index (χ0n) is 18.1. The first-order valence-electron chi connectivity index (χ1n) is 9.45. The highest BCUT2D eigenvalue weighted by Crippen LogP contribution is 2.24. The number of nitrogens with one attached hydrogen (secondary N) is 2. The maximum Gasteiger partial charge on any atom is 0.131 e. The summed E-state index contributed by atoms with van der Waals surface area (Å²) in [6.45, 7) is 14.6. The highest BCUT2D eigenvalue weighted by atomic mass is 32.2. The van der Waals surface area contributed by atoms with Crippen LogP contribution in [0.3, 0.4) is 0 Å². The third-order valence-electron chi connectivity index (χ3n) is 3.92. The molecule has 0 aliphatic heterocycles. The molecule has 0 saturated heterocycles. The van der Waals surface area contributed by atoms with Crippen molar-refractivity contribution in [2.75, 3.05) is 5.43 Å². The fourth-order valence-electron chi connectivity index (χ4n) is 2.29. The van der Waals surface area contributed by atoms with E-state index in [1.54, 1.807) is 6.08 Å². The van der Waals surface area contributed by atoms with Gasteiger partial charge in [-0.05, 0) is 51.5 Å². The molecule has 0 fully saturated rings. The lowest BCUT2D eigenvalue weighted by molar-refractivity contribution is 0.472. The summed E-state index contributed by atoms with van der Waals surface area (Å²) in [4.78, 5) is 1.06. The van der Waals surface area contributed by atoms with Crippen molar-refractivity contribution >= 4 is 23.5 Å². The van der Waals surface area contributed by atoms with Gasteiger partial charge in [0.05, 0.1) is 5.69 Å². The number of benzene rings is 1. The Kier molecular flexibility index (Phi) is 9.66. The molecule has 0 aliphatic rings. The number of amidine groups is 1. The normalized spacial score (nSPS) is 14.2. The van der Waals surface area contributed by atoms with Crippen LogP contribution in [-0.2, 0) is 0 Å². The van der Waals surface area contributed by atoms with Gasteiger partial charge in [-0.15, -0.1) is 0 Å². The second-order valence-corrected chi connectivity index (χ2v) is 8.39. The fourth-order valence-corrected chi connectivity index (χ4v) is 2.86. The van der Waals surface area contributed by atoms with Crippen molar-refractivity contribution in [1.29, 1.82) is 0 Å². The number of hydrogen-bond donors (Lipinski definition) is 3. The topological polar surface area (TPSA) is 62.4 Å². The quantitative estimate of drug-likeness (QED) is 0.161. The number of allylic oxidation sites excluding steroid dienone is 6. The average molecular weight is 399 g/mol. The molecule has 1 rings (SSSR count). The van der Waals surface area contributed by atoms with Gasteiger partial charge in [0.15, 0.2) is 0 Å². The highest BCUT2D eigenvalue weighted by molar-refractivity contribution is 8.02. The summed E-state index contributed by atoms with van der Waals surface area (Å²) in [6, 6.07) is 6.34. The van der Waals surface area contributed by atoms with Gasteiger partial charge in [-0.3, -0.25) is 0 Å². The smallest absolute Gasteiger partial charge is 0.131 e. The molecule has 0 atom stereocenters. The summed E-state index contributed by atoms with van der Waals surface area (Å²) in [7, 11) is 0. The van der Waals surface area contributed by atoms with Crippen LogP contribution < -0.4 is 16.6 Å². The largest absolute Gasteiger partial charge is 0.383 e. The Morgan fingerprint density at radius 3 is 2.43 bits per heavy atom. The summed E-state index contributed by atoms with van der Waals surface area (Å²) < 4.78 is 4.33. The van der Waals surface area contributed by atoms with Gasteiger partial charge >= 0.3 is 0 Å². The van der Waals surface area contributed by atoms with E-state index in [1.807, 2.05) is 44.2 Å². The van der Waals surface area contributed by atoms with E-state index < -0.39 is 0 Å². The Labute approximate surface area is 174 Å². The first-order valence-corrected chi connectivity index (χ1v) is 10.2. The zero-order valence-corrected chi connectivity index (χ0v) is 18.9. The van der Waals surface area contributed by atoms with Crippen molar-refractivity contribution in [2.24, 2.45) is 15.5 Å². The number of hydrogen-bond acceptors (Lipinski definition) is 4. The molecule has 0 amide bonds. The van der Waals surface area contributed by atoms with Crippen LogP contribution in [0.5, 0.6) is 0 Å². The van der Waals surface area contributed by atoms with Crippen LogP contribution in [0.4, 0.5) is 5.69 Å². The third-order valence-corrected chi connectivity index (χ3v) is 4.81. The van der Waals surface area contributed by atoms with Crippen LogP contribution in [0.1, 0.15) is 45.7 Å². The van der Waals surface area contributed by atoms with Gasteiger partial charge < -0.3 is 16.6 Å². The Morgan fingerprint density at radius 2 is 1.86 bits per heavy atom. The molecule has 0 aliphatic carbocycles. The van der Waals surface area contributed by atoms with E-state index in [0.29, 0.717) is 5.84 Å². The third kappa shape index (κ3) is 8.53. The molecular formula is C23H34N4S. The average Bonchev–Trinajstić information content (AvgIpc) is 2.61. The first-order chi connectivity index (χ1) is 13.2. The van der Waals surface area contributed by atoms with Gasteiger partial charge in [0.1, 0.15) is 5.84 Å². The zero-order chi connectivity index (χ0) is 21.2. The molecule has 0 bridgehead atoms. The maximum absolute atomic E-state index is 5.99. The van der Waals surface area contributed by atoms with Crippen LogP contribution in [0.25, 0.3) is 0 Å². The summed E-state index contributed by atoms with van der Waals surface area (Å²) in [6.07, 6.45) is 11.7. The molecule has 4 nitrogen and oxygen atoms in total. The molecule has 5 heteroatoms. The molecule has 28 heavy (non-hydrogen) atoms. The molecule has 0 heterocycles. The van der Waals surface area contributed by atoms with Gasteiger partial charge in [0.25, 0.3) is 0 Å². The van der Waals surface area contributed by atoms with Gasteiger partial charge in [-0.25, -0.2) is 0 Å². The van der Waals surface area contributed by atoms with Gasteiger partial charge in [-0.1, -0.05) is 62.8 Å². The molecule has 1 aromatic carbocycles. The minimum atomic E-state index is -0.0549. The van der Waals surface area contributed by atoms with Crippen LogP contribution in [0, 0.1) is 19.3 Å². The predicted octanol–water partition coefficient (Wildman–Crippen LogP) is 6.19. The number of rotatable bonds is 8. The Balaban J connectivity index is 2.84. The highest BCUT2D eigenvalue weighted by Gasteiger charge is 2.16. The summed E-state index contributed by atoms with van der Waals surface area (Å²) in [5, 5.41) is 0. The summed E-state index contributed by atoms with van der Waals surface area (Å²) >= 11 is 1.37. The number of anilines is 1. The molecule has 0 unspecified atom stereocenters. The monoisotopic (exact) mass is 398 g/mol. The maximum atomic E-state index is 5.99. The Hall–Kier alpha value is -2.40. The van der Waals surface area contributed by atoms with E-state index in [4.69, 9.17) is 5.73 Å². The van der Waals surface area contributed by atoms with Crippen molar-refractivity contribution < 1.29 is 0 Å². The first kappa shape index (κ1) is 23.6. The minimum Gasteiger partial charge on any atom is -0.383 e. The predicted molar refractivity (Wildman–Crippen MR) is 127 cm³/mol. The lowest BCUT2D eigenvalue weighted by Crippen LogP contribution is -2.29. The lowest BCUT2D eigenvalue weighted by Gasteiger charge is -2.25. The molecule has 0 saturated carbocycles. The van der Waals surface area contributed by atoms with E-state index in [-0.39, 0.29) is 5.41 Å². The molecule has 0 radical (unpaired) electrons. The van der Waals surface area contributed by atoms with E-state index in [9.17, 15) is 0 Å². The molecule has 1 aromatic rings. The van der Waals surface area contributed by atoms with E-state index in [0.717, 1.165) is 16.3 Å². The van der Waals surface area contributed by atoms with E-state index in [2.05, 4.69) is 68.1 Å². The molecular weight excluding hydrogens is 364 g/mol. The second-order valence-electron chi connectivity index (χ2n) is 7.56. The molecule has 4 N–H and O–H groups in total. The molecule has 152 valence electrons. The van der Waals surface area contributed by atoms with Gasteiger partial charge in [-0.2, -0.15) is 4.40 Å². The fraction of sp³-hybridized carbons (Fsp3) is 0.348. The number of aryl methyl sites for hydroxylation is 2. The molecule has 0 spiro atoms. The molecule has 0 aromatic heterocycles. The van der Waals surface area contributed by atoms with Crippen LogP contribution in [-0.4, -0.2) is 5.84 Å². The second kappa shape index (κ2) is 11.4. The number of nitrogens with zero attached hydrogens (tertiary/aromatic N) is 1. The number of hydrazine groups is 1.